The molecule has 1 saturated heterocycles. The first-order valence-electron chi connectivity index (χ1n) is 5.15. The van der Waals surface area contributed by atoms with E-state index >= 15 is 0 Å². The maximum atomic E-state index is 13.4. The number of rotatable bonds is 2. The van der Waals surface area contributed by atoms with E-state index in [1.54, 1.807) is 0 Å². The van der Waals surface area contributed by atoms with E-state index in [1.165, 1.54) is 0 Å². The molecule has 0 bridgehead atoms. The van der Waals surface area contributed by atoms with Gasteiger partial charge in [-0.05, 0) is 18.9 Å². The van der Waals surface area contributed by atoms with Gasteiger partial charge in [0, 0.05) is 25.3 Å². The summed E-state index contributed by atoms with van der Waals surface area (Å²) in [6.07, 6.45) is 1.60. The predicted molar refractivity (Wildman–Crippen MR) is 58.8 cm³/mol. The van der Waals surface area contributed by atoms with Crippen molar-refractivity contribution in [1.29, 1.82) is 0 Å². The van der Waals surface area contributed by atoms with Gasteiger partial charge in [0.15, 0.2) is 5.82 Å². The summed E-state index contributed by atoms with van der Waals surface area (Å²) in [5.41, 5.74) is 0.176. The molecule has 0 atom stereocenters. The molecule has 0 unspecified atom stereocenters. The average Bonchev–Trinajstić information content (AvgIpc) is 2.25. The van der Waals surface area contributed by atoms with Gasteiger partial charge in [-0.3, -0.25) is 0 Å². The quantitative estimate of drug-likeness (QED) is 0.867. The zero-order valence-electron chi connectivity index (χ0n) is 8.60. The van der Waals surface area contributed by atoms with Crippen LogP contribution in [0.4, 0.5) is 14.5 Å². The van der Waals surface area contributed by atoms with Crippen molar-refractivity contribution in [2.24, 2.45) is 0 Å². The molecule has 1 heterocycles. The summed E-state index contributed by atoms with van der Waals surface area (Å²) < 4.78 is 31.5. The Hall–Kier alpha value is -0.870. The number of halogens is 3. The van der Waals surface area contributed by atoms with Crippen molar-refractivity contribution in [3.05, 3.63) is 28.8 Å². The van der Waals surface area contributed by atoms with Gasteiger partial charge in [0.25, 0.3) is 0 Å². The zero-order chi connectivity index (χ0) is 11.5. The van der Waals surface area contributed by atoms with Crippen LogP contribution in [0.25, 0.3) is 0 Å². The maximum Gasteiger partial charge on any atom is 0.150 e. The van der Waals surface area contributed by atoms with Crippen molar-refractivity contribution in [2.75, 3.05) is 18.5 Å². The highest BCUT2D eigenvalue weighted by atomic mass is 35.5. The lowest BCUT2D eigenvalue weighted by molar-refractivity contribution is 0.0904. The van der Waals surface area contributed by atoms with Crippen LogP contribution in [0.2, 0.25) is 5.02 Å². The SMILES string of the molecule is Fc1cc(F)c(NC2CCOCC2)c(Cl)c1. The fourth-order valence-electron chi connectivity index (χ4n) is 1.73. The van der Waals surface area contributed by atoms with Crippen molar-refractivity contribution in [1.82, 2.24) is 0 Å². The highest BCUT2D eigenvalue weighted by Crippen LogP contribution is 2.28. The summed E-state index contributed by atoms with van der Waals surface area (Å²) in [5, 5.41) is 3.06. The third kappa shape index (κ3) is 2.62. The lowest BCUT2D eigenvalue weighted by Gasteiger charge is -2.24. The van der Waals surface area contributed by atoms with Crippen LogP contribution in [-0.4, -0.2) is 19.3 Å². The van der Waals surface area contributed by atoms with Crippen molar-refractivity contribution in [3.8, 4) is 0 Å². The first-order chi connectivity index (χ1) is 7.66. The van der Waals surface area contributed by atoms with Crippen LogP contribution >= 0.6 is 11.6 Å². The van der Waals surface area contributed by atoms with E-state index in [0.29, 0.717) is 13.2 Å². The normalized spacial score (nSPS) is 17.4. The Bertz CT molecular complexity index is 357. The van der Waals surface area contributed by atoms with Gasteiger partial charge in [-0.15, -0.1) is 0 Å². The van der Waals surface area contributed by atoms with Gasteiger partial charge < -0.3 is 10.1 Å². The second kappa shape index (κ2) is 4.97. The summed E-state index contributed by atoms with van der Waals surface area (Å²) in [5.74, 6) is -1.32. The number of hydrogen-bond acceptors (Lipinski definition) is 2. The first kappa shape index (κ1) is 11.6. The molecule has 0 radical (unpaired) electrons. The standard InChI is InChI=1S/C11H12ClF2NO/c12-9-5-7(13)6-10(14)11(9)15-8-1-3-16-4-2-8/h5-6,8,15H,1-4H2. The summed E-state index contributed by atoms with van der Waals surface area (Å²) in [4.78, 5) is 0. The minimum absolute atomic E-state index is 0.0731. The molecular formula is C11H12ClF2NO. The molecule has 1 aromatic carbocycles. The van der Waals surface area contributed by atoms with E-state index in [9.17, 15) is 8.78 Å². The van der Waals surface area contributed by atoms with Gasteiger partial charge in [0.05, 0.1) is 10.7 Å². The minimum atomic E-state index is -0.667. The van der Waals surface area contributed by atoms with Gasteiger partial charge in [-0.2, -0.15) is 0 Å². The summed E-state index contributed by atoms with van der Waals surface area (Å²) in [6, 6.07) is 2.06. The molecule has 2 nitrogen and oxygen atoms in total. The zero-order valence-corrected chi connectivity index (χ0v) is 9.36. The number of hydrogen-bond donors (Lipinski definition) is 1. The Morgan fingerprint density at radius 2 is 1.94 bits per heavy atom. The van der Waals surface area contributed by atoms with E-state index in [4.69, 9.17) is 16.3 Å². The molecule has 0 saturated carbocycles. The average molecular weight is 248 g/mol. The molecule has 1 N–H and O–H groups in total. The van der Waals surface area contributed by atoms with Crippen molar-refractivity contribution >= 4 is 17.3 Å². The van der Waals surface area contributed by atoms with E-state index in [0.717, 1.165) is 25.0 Å². The Morgan fingerprint density at radius 3 is 2.56 bits per heavy atom. The molecule has 0 spiro atoms. The molecule has 2 rings (SSSR count). The number of nitrogens with one attached hydrogen (secondary N) is 1. The first-order valence-corrected chi connectivity index (χ1v) is 5.53. The van der Waals surface area contributed by atoms with Gasteiger partial charge >= 0.3 is 0 Å². The largest absolute Gasteiger partial charge is 0.381 e. The lowest BCUT2D eigenvalue weighted by atomic mass is 10.1. The molecule has 1 aliphatic heterocycles. The van der Waals surface area contributed by atoms with Crippen molar-refractivity contribution in [3.63, 3.8) is 0 Å². The van der Waals surface area contributed by atoms with E-state index in [-0.39, 0.29) is 16.8 Å². The topological polar surface area (TPSA) is 21.3 Å². The van der Waals surface area contributed by atoms with Gasteiger partial charge in [-0.25, -0.2) is 8.78 Å². The fraction of sp³-hybridized carbons (Fsp3) is 0.455. The highest BCUT2D eigenvalue weighted by Gasteiger charge is 2.17. The number of anilines is 1. The van der Waals surface area contributed by atoms with Crippen LogP contribution in [0.15, 0.2) is 12.1 Å². The van der Waals surface area contributed by atoms with E-state index in [1.807, 2.05) is 0 Å². The second-order valence-corrected chi connectivity index (χ2v) is 4.18. The Labute approximate surface area is 97.5 Å². The second-order valence-electron chi connectivity index (χ2n) is 3.78. The molecule has 1 aliphatic rings. The Morgan fingerprint density at radius 1 is 1.25 bits per heavy atom. The third-order valence-corrected chi connectivity index (χ3v) is 2.87. The molecule has 0 aromatic heterocycles. The summed E-state index contributed by atoms with van der Waals surface area (Å²) in [6.45, 7) is 1.30. The lowest BCUT2D eigenvalue weighted by Crippen LogP contribution is -2.28. The van der Waals surface area contributed by atoms with Crippen LogP contribution in [0.5, 0.6) is 0 Å². The molecule has 88 valence electrons. The van der Waals surface area contributed by atoms with Gasteiger partial charge in [0.1, 0.15) is 5.82 Å². The molecule has 1 aromatic rings. The van der Waals surface area contributed by atoms with Crippen molar-refractivity contribution in [2.45, 2.75) is 18.9 Å². The Kier molecular flexibility index (Phi) is 3.61. The number of ether oxygens (including phenoxy) is 1. The van der Waals surface area contributed by atoms with Crippen molar-refractivity contribution < 1.29 is 13.5 Å². The van der Waals surface area contributed by atoms with Crippen LogP contribution < -0.4 is 5.32 Å². The summed E-state index contributed by atoms with van der Waals surface area (Å²) >= 11 is 5.78. The van der Waals surface area contributed by atoms with Crippen LogP contribution in [0, 0.1) is 11.6 Å². The fourth-order valence-corrected chi connectivity index (χ4v) is 1.98. The van der Waals surface area contributed by atoms with Crippen LogP contribution in [0.1, 0.15) is 12.8 Å². The predicted octanol–water partition coefficient (Wildman–Crippen LogP) is 3.21. The van der Waals surface area contributed by atoms with E-state index in [2.05, 4.69) is 5.32 Å². The molecule has 5 heteroatoms. The molecule has 0 amide bonds. The van der Waals surface area contributed by atoms with Gasteiger partial charge in [0.2, 0.25) is 0 Å². The van der Waals surface area contributed by atoms with Gasteiger partial charge in [-0.1, -0.05) is 11.6 Å². The minimum Gasteiger partial charge on any atom is -0.381 e. The number of benzene rings is 1. The third-order valence-electron chi connectivity index (χ3n) is 2.58. The van der Waals surface area contributed by atoms with Crippen LogP contribution in [0.3, 0.4) is 0 Å². The molecule has 1 fully saturated rings. The smallest absolute Gasteiger partial charge is 0.150 e. The van der Waals surface area contributed by atoms with Crippen LogP contribution in [-0.2, 0) is 4.74 Å². The molecule has 0 aliphatic carbocycles. The Balaban J connectivity index is 2.14. The molecular weight excluding hydrogens is 236 g/mol. The molecule has 16 heavy (non-hydrogen) atoms. The highest BCUT2D eigenvalue weighted by molar-refractivity contribution is 6.33. The van der Waals surface area contributed by atoms with E-state index < -0.39 is 11.6 Å². The monoisotopic (exact) mass is 247 g/mol. The maximum absolute atomic E-state index is 13.4. The summed E-state index contributed by atoms with van der Waals surface area (Å²) in [7, 11) is 0.